The lowest BCUT2D eigenvalue weighted by Gasteiger charge is -2.29. The predicted octanol–water partition coefficient (Wildman–Crippen LogP) is 3.18. The molecule has 0 spiro atoms. The van der Waals surface area contributed by atoms with E-state index < -0.39 is 0 Å². The summed E-state index contributed by atoms with van der Waals surface area (Å²) in [5.74, 6) is 1.09. The number of amides is 2. The number of ether oxygens (including phenoxy) is 1. The summed E-state index contributed by atoms with van der Waals surface area (Å²) in [4.78, 5) is 37.7. The van der Waals surface area contributed by atoms with Crippen LogP contribution in [0.4, 0.5) is 5.69 Å². The van der Waals surface area contributed by atoms with Crippen LogP contribution in [-0.4, -0.2) is 30.7 Å². The minimum Gasteiger partial charge on any atom is -0.482 e. The van der Waals surface area contributed by atoms with Gasteiger partial charge in [-0.2, -0.15) is 0 Å². The average Bonchev–Trinajstić information content (AvgIpc) is 3.12. The van der Waals surface area contributed by atoms with Crippen LogP contribution in [0.15, 0.2) is 34.7 Å². The van der Waals surface area contributed by atoms with Crippen molar-refractivity contribution < 1.29 is 23.5 Å². The molecule has 0 saturated heterocycles. The summed E-state index contributed by atoms with van der Waals surface area (Å²) in [6.45, 7) is 6.28. The van der Waals surface area contributed by atoms with E-state index in [1.54, 1.807) is 30.3 Å². The lowest BCUT2D eigenvalue weighted by molar-refractivity contribution is -0.121. The van der Waals surface area contributed by atoms with Gasteiger partial charge in [0.1, 0.15) is 11.5 Å². The Morgan fingerprint density at radius 1 is 1.21 bits per heavy atom. The lowest BCUT2D eigenvalue weighted by atomic mass is 10.1. The highest BCUT2D eigenvalue weighted by Crippen LogP contribution is 2.34. The molecule has 148 valence electrons. The van der Waals surface area contributed by atoms with E-state index in [2.05, 4.69) is 19.2 Å². The zero-order valence-electron chi connectivity index (χ0n) is 16.3. The van der Waals surface area contributed by atoms with Crippen molar-refractivity contribution in [1.29, 1.82) is 0 Å². The summed E-state index contributed by atoms with van der Waals surface area (Å²) < 4.78 is 11.1. The predicted molar refractivity (Wildman–Crippen MR) is 104 cm³/mol. The maximum atomic E-state index is 12.4. The molecule has 2 amide bonds. The molecular formula is C21H24N2O5. The Balaban J connectivity index is 1.75. The third kappa shape index (κ3) is 4.42. The number of hydrogen-bond donors (Lipinski definition) is 1. The molecule has 0 aliphatic carbocycles. The second-order valence-electron chi connectivity index (χ2n) is 7.21. The number of hydrogen-bond acceptors (Lipinski definition) is 5. The Bertz CT molecular complexity index is 900. The Morgan fingerprint density at radius 3 is 2.71 bits per heavy atom. The quantitative estimate of drug-likeness (QED) is 0.741. The van der Waals surface area contributed by atoms with E-state index in [0.717, 1.165) is 6.42 Å². The van der Waals surface area contributed by atoms with Crippen molar-refractivity contribution in [2.24, 2.45) is 5.92 Å². The van der Waals surface area contributed by atoms with Gasteiger partial charge in [0, 0.05) is 12.1 Å². The highest BCUT2D eigenvalue weighted by atomic mass is 16.5. The summed E-state index contributed by atoms with van der Waals surface area (Å²) >= 11 is 0. The van der Waals surface area contributed by atoms with Crippen LogP contribution >= 0.6 is 0 Å². The first-order chi connectivity index (χ1) is 13.3. The van der Waals surface area contributed by atoms with Crippen molar-refractivity contribution in [3.63, 3.8) is 0 Å². The molecule has 0 fully saturated rings. The van der Waals surface area contributed by atoms with Crippen molar-refractivity contribution in [1.82, 2.24) is 5.32 Å². The summed E-state index contributed by atoms with van der Waals surface area (Å²) in [7, 11) is 0. The maximum absolute atomic E-state index is 12.4. The molecule has 1 aromatic carbocycles. The van der Waals surface area contributed by atoms with Gasteiger partial charge in [0.15, 0.2) is 18.2 Å². The van der Waals surface area contributed by atoms with E-state index >= 15 is 0 Å². The van der Waals surface area contributed by atoms with Gasteiger partial charge in [-0.25, -0.2) is 0 Å². The number of nitrogens with zero attached hydrogens (tertiary/aromatic N) is 1. The first-order valence-corrected chi connectivity index (χ1v) is 9.30. The minimum atomic E-state index is -0.278. The Hall–Kier alpha value is -3.09. The standard InChI is InChI=1S/C21H24N2O5/c1-13(2)8-9-22-21(26)19-7-5-16(28-19)11-23-17-10-15(14(3)24)4-6-18(17)27-12-20(23)25/h4-7,10,13H,8-9,11-12H2,1-3H3,(H,22,26). The number of carbonyl (C=O) groups is 3. The van der Waals surface area contributed by atoms with Crippen LogP contribution in [0.3, 0.4) is 0 Å². The fourth-order valence-electron chi connectivity index (χ4n) is 2.90. The van der Waals surface area contributed by atoms with Gasteiger partial charge < -0.3 is 14.5 Å². The topological polar surface area (TPSA) is 88.9 Å². The van der Waals surface area contributed by atoms with Crippen LogP contribution in [0.1, 0.15) is 53.9 Å². The molecule has 1 aliphatic rings. The monoisotopic (exact) mass is 384 g/mol. The second-order valence-corrected chi connectivity index (χ2v) is 7.21. The summed E-state index contributed by atoms with van der Waals surface area (Å²) in [5, 5.41) is 2.82. The SMILES string of the molecule is CC(=O)c1ccc2c(c1)N(Cc1ccc(C(=O)NCCC(C)C)o1)C(=O)CO2. The summed E-state index contributed by atoms with van der Waals surface area (Å²) in [6.07, 6.45) is 0.886. The van der Waals surface area contributed by atoms with Crippen molar-refractivity contribution >= 4 is 23.3 Å². The number of furan rings is 1. The van der Waals surface area contributed by atoms with E-state index in [1.807, 2.05) is 0 Å². The van der Waals surface area contributed by atoms with Crippen molar-refractivity contribution in [2.75, 3.05) is 18.1 Å². The molecule has 0 bridgehead atoms. The van der Waals surface area contributed by atoms with Crippen LogP contribution in [-0.2, 0) is 11.3 Å². The number of ketones is 1. The molecule has 7 nitrogen and oxygen atoms in total. The fraction of sp³-hybridized carbons (Fsp3) is 0.381. The second kappa shape index (κ2) is 8.29. The van der Waals surface area contributed by atoms with Gasteiger partial charge in [0.2, 0.25) is 0 Å². The van der Waals surface area contributed by atoms with E-state index in [9.17, 15) is 14.4 Å². The Kier molecular flexibility index (Phi) is 5.82. The molecule has 1 aromatic heterocycles. The van der Waals surface area contributed by atoms with Gasteiger partial charge in [0.05, 0.1) is 12.2 Å². The molecule has 1 aliphatic heterocycles. The molecule has 0 saturated carbocycles. The smallest absolute Gasteiger partial charge is 0.286 e. The summed E-state index contributed by atoms with van der Waals surface area (Å²) in [6, 6.07) is 8.26. The molecule has 2 heterocycles. The fourth-order valence-corrected chi connectivity index (χ4v) is 2.90. The van der Waals surface area contributed by atoms with Crippen molar-refractivity contribution in [3.8, 4) is 5.75 Å². The van der Waals surface area contributed by atoms with Gasteiger partial charge in [-0.15, -0.1) is 0 Å². The Labute approximate surface area is 163 Å². The number of nitrogens with one attached hydrogen (secondary N) is 1. The zero-order chi connectivity index (χ0) is 20.3. The number of benzene rings is 1. The molecule has 1 N–H and O–H groups in total. The van der Waals surface area contributed by atoms with Gasteiger partial charge >= 0.3 is 0 Å². The number of Topliss-reactive ketones (excluding diaryl/α,β-unsaturated/α-hetero) is 1. The highest BCUT2D eigenvalue weighted by Gasteiger charge is 2.27. The third-order valence-corrected chi connectivity index (χ3v) is 4.52. The maximum Gasteiger partial charge on any atom is 0.286 e. The van der Waals surface area contributed by atoms with Gasteiger partial charge in [-0.3, -0.25) is 19.3 Å². The molecule has 28 heavy (non-hydrogen) atoms. The highest BCUT2D eigenvalue weighted by molar-refractivity contribution is 6.01. The molecule has 0 radical (unpaired) electrons. The number of anilines is 1. The number of rotatable bonds is 7. The minimum absolute atomic E-state index is 0.0876. The van der Waals surface area contributed by atoms with E-state index in [0.29, 0.717) is 35.2 Å². The lowest BCUT2D eigenvalue weighted by Crippen LogP contribution is -2.38. The number of carbonyl (C=O) groups excluding carboxylic acids is 3. The van der Waals surface area contributed by atoms with Crippen LogP contribution in [0, 0.1) is 5.92 Å². The van der Waals surface area contributed by atoms with E-state index in [4.69, 9.17) is 9.15 Å². The molecular weight excluding hydrogens is 360 g/mol. The average molecular weight is 384 g/mol. The van der Waals surface area contributed by atoms with Crippen molar-refractivity contribution in [2.45, 2.75) is 33.7 Å². The molecule has 7 heteroatoms. The molecule has 0 atom stereocenters. The Morgan fingerprint density at radius 2 is 2.00 bits per heavy atom. The van der Waals surface area contributed by atoms with E-state index in [-0.39, 0.29) is 36.5 Å². The zero-order valence-corrected chi connectivity index (χ0v) is 16.3. The van der Waals surface area contributed by atoms with E-state index in [1.165, 1.54) is 11.8 Å². The first kappa shape index (κ1) is 19.7. The van der Waals surface area contributed by atoms with Crippen LogP contribution in [0.2, 0.25) is 0 Å². The molecule has 0 unspecified atom stereocenters. The number of fused-ring (bicyclic) bond motifs is 1. The first-order valence-electron chi connectivity index (χ1n) is 9.30. The van der Waals surface area contributed by atoms with Crippen LogP contribution < -0.4 is 15.0 Å². The normalized spacial score (nSPS) is 13.3. The third-order valence-electron chi connectivity index (χ3n) is 4.52. The van der Waals surface area contributed by atoms with Crippen molar-refractivity contribution in [3.05, 3.63) is 47.4 Å². The molecule has 3 rings (SSSR count). The van der Waals surface area contributed by atoms with Gasteiger partial charge in [-0.1, -0.05) is 13.8 Å². The largest absolute Gasteiger partial charge is 0.482 e. The molecule has 2 aromatic rings. The van der Waals surface area contributed by atoms with Gasteiger partial charge in [0.25, 0.3) is 11.8 Å². The van der Waals surface area contributed by atoms with Crippen LogP contribution in [0.5, 0.6) is 5.75 Å². The van der Waals surface area contributed by atoms with Gasteiger partial charge in [-0.05, 0) is 49.6 Å². The van der Waals surface area contributed by atoms with Crippen LogP contribution in [0.25, 0.3) is 0 Å². The summed E-state index contributed by atoms with van der Waals surface area (Å²) in [5.41, 5.74) is 1.01.